The van der Waals surface area contributed by atoms with E-state index in [1.807, 2.05) is 41.0 Å². The average molecular weight is 573 g/mol. The number of rotatable bonds is 8. The van der Waals surface area contributed by atoms with Crippen molar-refractivity contribution in [3.05, 3.63) is 108 Å². The molecule has 11 heteroatoms. The molecule has 0 unspecified atom stereocenters. The summed E-state index contributed by atoms with van der Waals surface area (Å²) >= 11 is 3.92. The van der Waals surface area contributed by atoms with Gasteiger partial charge >= 0.3 is 0 Å². The lowest BCUT2D eigenvalue weighted by molar-refractivity contribution is 0.220. The molecule has 0 atom stereocenters. The van der Waals surface area contributed by atoms with Gasteiger partial charge in [0.25, 0.3) is 15.3 Å². The molecule has 1 amide bonds. The number of hydrogen-bond donors (Lipinski definition) is 1. The Morgan fingerprint density at radius 2 is 1.62 bits per heavy atom. The number of piperazine rings is 1. The van der Waals surface area contributed by atoms with Crippen molar-refractivity contribution in [3.63, 3.8) is 0 Å². The molecular formula is C29H28N6O3S2. The number of carbonyl (C=O) groups excluding carboxylic acids is 1. The minimum atomic E-state index is -3.89. The number of aromatic nitrogens is 2. The summed E-state index contributed by atoms with van der Waals surface area (Å²) in [5, 5.41) is 8.85. The third kappa shape index (κ3) is 5.98. The van der Waals surface area contributed by atoms with Gasteiger partial charge in [0.15, 0.2) is 0 Å². The number of amides is 1. The number of anilines is 2. The Morgan fingerprint density at radius 3 is 2.25 bits per heavy atom. The van der Waals surface area contributed by atoms with E-state index in [9.17, 15) is 13.2 Å². The summed E-state index contributed by atoms with van der Waals surface area (Å²) < 4.78 is 31.1. The van der Waals surface area contributed by atoms with Crippen LogP contribution in [0, 0.1) is 11.3 Å². The van der Waals surface area contributed by atoms with Crippen LogP contribution in [0.5, 0.6) is 0 Å². The highest BCUT2D eigenvalue weighted by molar-refractivity contribution is 7.96. The molecule has 1 aliphatic heterocycles. The van der Waals surface area contributed by atoms with Gasteiger partial charge in [0.2, 0.25) is 0 Å². The first-order chi connectivity index (χ1) is 19.3. The molecule has 3 aromatic carbocycles. The van der Waals surface area contributed by atoms with Crippen LogP contribution in [0.2, 0.25) is 0 Å². The van der Waals surface area contributed by atoms with Crippen LogP contribution in [0.25, 0.3) is 0 Å². The quantitative estimate of drug-likeness (QED) is 0.315. The summed E-state index contributed by atoms with van der Waals surface area (Å²) in [5.74, 6) is 0. The monoisotopic (exact) mass is 572 g/mol. The SMILES string of the molecule is N#Cc1ccc(Cn2cncc2CN(c2ccc(N3CCN(C(=O)S)CC3)cc2)S(=O)(=O)c2ccccc2)cc1. The Hall–Kier alpha value is -4.27. The van der Waals surface area contributed by atoms with E-state index in [0.29, 0.717) is 44.0 Å². The topological polar surface area (TPSA) is 103 Å². The van der Waals surface area contributed by atoms with Crippen LogP contribution < -0.4 is 9.21 Å². The fourth-order valence-electron chi connectivity index (χ4n) is 4.67. The summed E-state index contributed by atoms with van der Waals surface area (Å²) in [5.41, 5.74) is 3.76. The number of thiol groups is 1. The highest BCUT2D eigenvalue weighted by atomic mass is 32.2. The van der Waals surface area contributed by atoms with Gasteiger partial charge in [-0.2, -0.15) is 5.26 Å². The van der Waals surface area contributed by atoms with Gasteiger partial charge in [-0.1, -0.05) is 43.0 Å². The molecule has 204 valence electrons. The van der Waals surface area contributed by atoms with E-state index >= 15 is 0 Å². The zero-order chi connectivity index (χ0) is 28.1. The Kier molecular flexibility index (Phi) is 8.09. The van der Waals surface area contributed by atoms with E-state index in [1.54, 1.807) is 59.9 Å². The largest absolute Gasteiger partial charge is 0.368 e. The molecule has 4 aromatic rings. The second-order valence-electron chi connectivity index (χ2n) is 9.42. The minimum Gasteiger partial charge on any atom is -0.368 e. The summed E-state index contributed by atoms with van der Waals surface area (Å²) in [6, 6.07) is 25.2. The highest BCUT2D eigenvalue weighted by Gasteiger charge is 2.27. The molecule has 1 aromatic heterocycles. The van der Waals surface area contributed by atoms with Crippen molar-refractivity contribution in [2.24, 2.45) is 0 Å². The standard InChI is InChI=1S/C29H28N6O3S2/c30-18-23-6-8-24(9-7-23)20-34-22-31-19-27(34)21-35(40(37,38)28-4-2-1-3-5-28)26-12-10-25(11-13-26)32-14-16-33(17-15-32)29(36)39/h1-13,19,22H,14-17,20-21H2,(H,36,39). The molecule has 0 aliphatic carbocycles. The normalized spacial score (nSPS) is 13.6. The first-order valence-corrected chi connectivity index (χ1v) is 14.6. The van der Waals surface area contributed by atoms with E-state index in [4.69, 9.17) is 5.26 Å². The molecular weight excluding hydrogens is 544 g/mol. The average Bonchev–Trinajstić information content (AvgIpc) is 3.43. The minimum absolute atomic E-state index is 0.0790. The maximum atomic E-state index is 13.9. The van der Waals surface area contributed by atoms with Crippen molar-refractivity contribution >= 4 is 39.3 Å². The number of hydrogen-bond acceptors (Lipinski definition) is 6. The van der Waals surface area contributed by atoms with Crippen molar-refractivity contribution in [2.45, 2.75) is 18.0 Å². The Bertz CT molecular complexity index is 1610. The predicted octanol–water partition coefficient (Wildman–Crippen LogP) is 4.37. The second kappa shape index (κ2) is 11.9. The number of nitriles is 1. The van der Waals surface area contributed by atoms with Crippen molar-refractivity contribution in [3.8, 4) is 6.07 Å². The van der Waals surface area contributed by atoms with E-state index < -0.39 is 10.0 Å². The molecule has 9 nitrogen and oxygen atoms in total. The molecule has 2 heterocycles. The number of nitrogens with zero attached hydrogens (tertiary/aromatic N) is 6. The lowest BCUT2D eigenvalue weighted by Crippen LogP contribution is -2.47. The molecule has 0 N–H and O–H groups in total. The summed E-state index contributed by atoms with van der Waals surface area (Å²) in [6.07, 6.45) is 3.35. The lowest BCUT2D eigenvalue weighted by Gasteiger charge is -2.35. The molecule has 0 saturated carbocycles. The first kappa shape index (κ1) is 27.3. The lowest BCUT2D eigenvalue weighted by atomic mass is 10.1. The molecule has 1 aliphatic rings. The fraction of sp³-hybridized carbons (Fsp3) is 0.207. The highest BCUT2D eigenvalue weighted by Crippen LogP contribution is 2.29. The van der Waals surface area contributed by atoms with Crippen LogP contribution in [0.3, 0.4) is 0 Å². The molecule has 0 spiro atoms. The van der Waals surface area contributed by atoms with E-state index in [2.05, 4.69) is 28.6 Å². The van der Waals surface area contributed by atoms with Gasteiger partial charge in [0, 0.05) is 44.6 Å². The van der Waals surface area contributed by atoms with Crippen LogP contribution in [0.4, 0.5) is 16.2 Å². The van der Waals surface area contributed by atoms with Gasteiger partial charge in [-0.25, -0.2) is 13.4 Å². The van der Waals surface area contributed by atoms with Gasteiger partial charge in [0.05, 0.1) is 40.8 Å². The zero-order valence-corrected chi connectivity index (χ0v) is 23.4. The molecule has 40 heavy (non-hydrogen) atoms. The Labute approximate surface area is 239 Å². The maximum Gasteiger partial charge on any atom is 0.278 e. The molecule has 5 rings (SSSR count). The Balaban J connectivity index is 1.42. The molecule has 0 radical (unpaired) electrons. The van der Waals surface area contributed by atoms with Crippen molar-refractivity contribution in [1.82, 2.24) is 14.5 Å². The third-order valence-electron chi connectivity index (χ3n) is 6.92. The zero-order valence-electron chi connectivity index (χ0n) is 21.7. The van der Waals surface area contributed by atoms with Gasteiger partial charge in [0.1, 0.15) is 0 Å². The van der Waals surface area contributed by atoms with Crippen molar-refractivity contribution in [1.29, 1.82) is 5.26 Å². The van der Waals surface area contributed by atoms with Crippen LogP contribution in [-0.2, 0) is 23.1 Å². The number of sulfonamides is 1. The maximum absolute atomic E-state index is 13.9. The van der Waals surface area contributed by atoms with Crippen LogP contribution >= 0.6 is 12.6 Å². The number of carbonyl (C=O) groups is 1. The van der Waals surface area contributed by atoms with E-state index in [0.717, 1.165) is 16.9 Å². The smallest absolute Gasteiger partial charge is 0.278 e. The Morgan fingerprint density at radius 1 is 0.950 bits per heavy atom. The molecule has 1 fully saturated rings. The summed E-state index contributed by atoms with van der Waals surface area (Å²) in [6.45, 7) is 3.08. The van der Waals surface area contributed by atoms with Crippen molar-refractivity contribution < 1.29 is 13.2 Å². The van der Waals surface area contributed by atoms with Crippen molar-refractivity contribution in [2.75, 3.05) is 35.4 Å². The third-order valence-corrected chi connectivity index (χ3v) is 9.00. The van der Waals surface area contributed by atoms with Gasteiger partial charge < -0.3 is 14.4 Å². The number of imidazole rings is 1. The van der Waals surface area contributed by atoms with E-state index in [1.165, 1.54) is 4.31 Å². The van der Waals surface area contributed by atoms with Crippen LogP contribution in [-0.4, -0.2) is 54.3 Å². The fourth-order valence-corrected chi connectivity index (χ4v) is 6.33. The first-order valence-electron chi connectivity index (χ1n) is 12.7. The van der Waals surface area contributed by atoms with Gasteiger partial charge in [-0.3, -0.25) is 9.10 Å². The summed E-state index contributed by atoms with van der Waals surface area (Å²) in [4.78, 5) is 19.9. The molecule has 1 saturated heterocycles. The number of benzene rings is 3. The van der Waals surface area contributed by atoms with Gasteiger partial charge in [-0.05, 0) is 54.1 Å². The predicted molar refractivity (Wildman–Crippen MR) is 157 cm³/mol. The molecule has 0 bridgehead atoms. The second-order valence-corrected chi connectivity index (χ2v) is 11.7. The summed E-state index contributed by atoms with van der Waals surface area (Å²) in [7, 11) is -3.89. The van der Waals surface area contributed by atoms with Gasteiger partial charge in [-0.15, -0.1) is 0 Å². The van der Waals surface area contributed by atoms with Crippen LogP contribution in [0.1, 0.15) is 16.8 Å². The van der Waals surface area contributed by atoms with Crippen LogP contribution in [0.15, 0.2) is 96.3 Å². The van der Waals surface area contributed by atoms with E-state index in [-0.39, 0.29) is 16.7 Å².